The van der Waals surface area contributed by atoms with Crippen molar-refractivity contribution >= 4 is 17.7 Å². The van der Waals surface area contributed by atoms with Crippen LogP contribution in [0.2, 0.25) is 0 Å². The van der Waals surface area contributed by atoms with Crippen LogP contribution in [-0.4, -0.2) is 46.1 Å². The van der Waals surface area contributed by atoms with E-state index >= 15 is 0 Å². The molecule has 0 bridgehead atoms. The number of hydrogen-bond donors (Lipinski definition) is 0. The first-order valence-electron chi connectivity index (χ1n) is 8.68. The zero-order valence-corrected chi connectivity index (χ0v) is 15.5. The van der Waals surface area contributed by atoms with Gasteiger partial charge in [0.25, 0.3) is 0 Å². The molecule has 134 valence electrons. The summed E-state index contributed by atoms with van der Waals surface area (Å²) in [5.41, 5.74) is 3.47. The molecule has 1 fully saturated rings. The number of aryl methyl sites for hydroxylation is 1. The minimum Gasteiger partial charge on any atom is -0.378 e. The Kier molecular flexibility index (Phi) is 5.17. The minimum atomic E-state index is 0.721. The molecule has 3 aromatic rings. The summed E-state index contributed by atoms with van der Waals surface area (Å²) < 4.78 is 7.64. The number of hydrogen-bond acceptors (Lipinski definition) is 6. The summed E-state index contributed by atoms with van der Waals surface area (Å²) in [5.74, 6) is 1.69. The van der Waals surface area contributed by atoms with E-state index in [4.69, 9.17) is 4.74 Å². The SMILES string of the molecule is Cc1cccc(-n2c(SCc3cccnc3)nnc2N2CCOCC2)c1. The highest BCUT2D eigenvalue weighted by molar-refractivity contribution is 7.98. The number of benzene rings is 1. The number of rotatable bonds is 5. The summed E-state index contributed by atoms with van der Waals surface area (Å²) in [6, 6.07) is 12.5. The molecule has 1 aliphatic heterocycles. The van der Waals surface area contributed by atoms with E-state index < -0.39 is 0 Å². The van der Waals surface area contributed by atoms with Crippen molar-refractivity contribution < 1.29 is 4.74 Å². The monoisotopic (exact) mass is 367 g/mol. The fourth-order valence-electron chi connectivity index (χ4n) is 2.95. The normalized spacial score (nSPS) is 14.6. The number of nitrogens with zero attached hydrogens (tertiary/aromatic N) is 5. The molecular weight excluding hydrogens is 346 g/mol. The van der Waals surface area contributed by atoms with E-state index in [-0.39, 0.29) is 0 Å². The van der Waals surface area contributed by atoms with Crippen molar-refractivity contribution in [1.82, 2.24) is 19.7 Å². The van der Waals surface area contributed by atoms with Gasteiger partial charge in [-0.3, -0.25) is 9.55 Å². The van der Waals surface area contributed by atoms with Crippen LogP contribution in [0, 0.1) is 6.92 Å². The summed E-state index contributed by atoms with van der Waals surface area (Å²) in [7, 11) is 0. The van der Waals surface area contributed by atoms with Crippen LogP contribution in [0.3, 0.4) is 0 Å². The van der Waals surface area contributed by atoms with Gasteiger partial charge in [0.05, 0.1) is 18.9 Å². The zero-order valence-electron chi connectivity index (χ0n) is 14.7. The van der Waals surface area contributed by atoms with Gasteiger partial charge in [0.2, 0.25) is 5.95 Å². The average Bonchev–Trinajstić information content (AvgIpc) is 3.12. The highest BCUT2D eigenvalue weighted by atomic mass is 32.2. The highest BCUT2D eigenvalue weighted by Crippen LogP contribution is 2.29. The van der Waals surface area contributed by atoms with E-state index in [0.29, 0.717) is 0 Å². The van der Waals surface area contributed by atoms with Crippen LogP contribution in [-0.2, 0) is 10.5 Å². The van der Waals surface area contributed by atoms with Gasteiger partial charge in [-0.1, -0.05) is 30.0 Å². The zero-order chi connectivity index (χ0) is 17.8. The van der Waals surface area contributed by atoms with Gasteiger partial charge >= 0.3 is 0 Å². The second-order valence-electron chi connectivity index (χ2n) is 6.21. The Labute approximate surface area is 157 Å². The summed E-state index contributed by atoms with van der Waals surface area (Å²) in [5, 5.41) is 9.88. The Morgan fingerprint density at radius 2 is 2.00 bits per heavy atom. The molecule has 0 unspecified atom stereocenters. The molecule has 1 aliphatic rings. The van der Waals surface area contributed by atoms with Gasteiger partial charge in [0.1, 0.15) is 0 Å². The van der Waals surface area contributed by atoms with Crippen LogP contribution in [0.25, 0.3) is 5.69 Å². The van der Waals surface area contributed by atoms with Gasteiger partial charge in [0.15, 0.2) is 5.16 Å². The van der Waals surface area contributed by atoms with Crippen molar-refractivity contribution in [3.63, 3.8) is 0 Å². The molecule has 0 spiro atoms. The number of ether oxygens (including phenoxy) is 1. The molecule has 0 atom stereocenters. The lowest BCUT2D eigenvalue weighted by Crippen LogP contribution is -2.37. The van der Waals surface area contributed by atoms with Crippen molar-refractivity contribution in [1.29, 1.82) is 0 Å². The van der Waals surface area contributed by atoms with Crippen molar-refractivity contribution in [2.45, 2.75) is 17.8 Å². The molecule has 1 aromatic carbocycles. The van der Waals surface area contributed by atoms with Gasteiger partial charge in [0, 0.05) is 31.2 Å². The molecule has 0 radical (unpaired) electrons. The predicted molar refractivity (Wildman–Crippen MR) is 103 cm³/mol. The van der Waals surface area contributed by atoms with Gasteiger partial charge in [-0.15, -0.1) is 10.2 Å². The van der Waals surface area contributed by atoms with Gasteiger partial charge in [-0.05, 0) is 36.2 Å². The summed E-state index contributed by atoms with van der Waals surface area (Å²) in [6.45, 7) is 5.21. The van der Waals surface area contributed by atoms with Gasteiger partial charge < -0.3 is 9.64 Å². The third-order valence-corrected chi connectivity index (χ3v) is 5.26. The van der Waals surface area contributed by atoms with E-state index in [9.17, 15) is 0 Å². The smallest absolute Gasteiger partial charge is 0.232 e. The fourth-order valence-corrected chi connectivity index (χ4v) is 3.83. The highest BCUT2D eigenvalue weighted by Gasteiger charge is 2.21. The van der Waals surface area contributed by atoms with Crippen molar-refractivity contribution in [3.05, 3.63) is 59.9 Å². The van der Waals surface area contributed by atoms with E-state index in [1.807, 2.05) is 12.3 Å². The van der Waals surface area contributed by atoms with Crippen LogP contribution in [0.5, 0.6) is 0 Å². The first-order valence-corrected chi connectivity index (χ1v) is 9.67. The van der Waals surface area contributed by atoms with E-state index in [1.165, 1.54) is 11.1 Å². The molecule has 26 heavy (non-hydrogen) atoms. The third-order valence-electron chi connectivity index (χ3n) is 4.26. The second kappa shape index (κ2) is 7.88. The molecule has 1 saturated heterocycles. The topological polar surface area (TPSA) is 56.1 Å². The molecule has 2 aromatic heterocycles. The van der Waals surface area contributed by atoms with E-state index in [1.54, 1.807) is 18.0 Å². The number of morpholine rings is 1. The number of anilines is 1. The number of thioether (sulfide) groups is 1. The van der Waals surface area contributed by atoms with Gasteiger partial charge in [-0.2, -0.15) is 0 Å². The Morgan fingerprint density at radius 3 is 2.77 bits per heavy atom. The van der Waals surface area contributed by atoms with Crippen LogP contribution in [0.1, 0.15) is 11.1 Å². The lowest BCUT2D eigenvalue weighted by atomic mass is 10.2. The first kappa shape index (κ1) is 17.1. The Morgan fingerprint density at radius 1 is 1.12 bits per heavy atom. The van der Waals surface area contributed by atoms with Crippen LogP contribution < -0.4 is 4.90 Å². The van der Waals surface area contributed by atoms with Gasteiger partial charge in [-0.25, -0.2) is 0 Å². The summed E-state index contributed by atoms with van der Waals surface area (Å²) >= 11 is 1.68. The Hall–Kier alpha value is -2.38. The van der Waals surface area contributed by atoms with E-state index in [2.05, 4.69) is 61.9 Å². The summed E-state index contributed by atoms with van der Waals surface area (Å²) in [6.07, 6.45) is 3.68. The van der Waals surface area contributed by atoms with E-state index in [0.717, 1.165) is 48.8 Å². The molecule has 0 aliphatic carbocycles. The Balaban J connectivity index is 1.67. The van der Waals surface area contributed by atoms with Crippen LogP contribution in [0.4, 0.5) is 5.95 Å². The van der Waals surface area contributed by atoms with Crippen LogP contribution in [0.15, 0.2) is 53.9 Å². The molecule has 0 amide bonds. The van der Waals surface area contributed by atoms with Crippen LogP contribution >= 0.6 is 11.8 Å². The maximum absolute atomic E-state index is 5.49. The average molecular weight is 367 g/mol. The molecule has 6 nitrogen and oxygen atoms in total. The molecule has 0 N–H and O–H groups in total. The second-order valence-corrected chi connectivity index (χ2v) is 7.15. The quantitative estimate of drug-likeness (QED) is 0.646. The van der Waals surface area contributed by atoms with Crippen molar-refractivity contribution in [2.24, 2.45) is 0 Å². The molecule has 3 heterocycles. The Bertz CT molecular complexity index is 861. The lowest BCUT2D eigenvalue weighted by Gasteiger charge is -2.28. The summed E-state index contributed by atoms with van der Waals surface area (Å²) in [4.78, 5) is 6.43. The predicted octanol–water partition coefficient (Wildman–Crippen LogP) is 3.10. The van der Waals surface area contributed by atoms with Crippen molar-refractivity contribution in [3.8, 4) is 5.69 Å². The van der Waals surface area contributed by atoms with Crippen molar-refractivity contribution in [2.75, 3.05) is 31.2 Å². The third kappa shape index (κ3) is 3.73. The minimum absolute atomic E-state index is 0.721. The first-order chi connectivity index (χ1) is 12.8. The largest absolute Gasteiger partial charge is 0.378 e. The maximum Gasteiger partial charge on any atom is 0.232 e. The number of pyridine rings is 1. The maximum atomic E-state index is 5.49. The fraction of sp³-hybridized carbons (Fsp3) is 0.316. The molecular formula is C19H21N5OS. The standard InChI is InChI=1S/C19H21N5OS/c1-15-4-2-6-17(12-15)24-18(23-8-10-25-11-9-23)21-22-19(24)26-14-16-5-3-7-20-13-16/h2-7,12-13H,8-11,14H2,1H3. The molecule has 4 rings (SSSR count). The molecule has 7 heteroatoms. The molecule has 0 saturated carbocycles. The lowest BCUT2D eigenvalue weighted by molar-refractivity contribution is 0.122. The number of aromatic nitrogens is 4.